The van der Waals surface area contributed by atoms with E-state index in [4.69, 9.17) is 23.8 Å². The molecule has 0 amide bonds. The molecule has 1 aromatic heterocycles. The summed E-state index contributed by atoms with van der Waals surface area (Å²) in [6.07, 6.45) is 1.95. The van der Waals surface area contributed by atoms with Crippen molar-refractivity contribution < 1.29 is 5.11 Å². The fraction of sp³-hybridized carbons (Fsp3) is 0.0526. The zero-order valence-electron chi connectivity index (χ0n) is 13.2. The molecule has 4 rings (SSSR count). The van der Waals surface area contributed by atoms with Crippen LogP contribution in [0.3, 0.4) is 0 Å². The van der Waals surface area contributed by atoms with E-state index in [2.05, 4.69) is 4.99 Å². The van der Waals surface area contributed by atoms with Gasteiger partial charge in [-0.05, 0) is 55.5 Å². The predicted octanol–water partition coefficient (Wildman–Crippen LogP) is 6.27. The van der Waals surface area contributed by atoms with Crippen molar-refractivity contribution in [2.24, 2.45) is 4.99 Å². The third-order valence-electron chi connectivity index (χ3n) is 4.04. The quantitative estimate of drug-likeness (QED) is 0.528. The van der Waals surface area contributed by atoms with Gasteiger partial charge in [-0.2, -0.15) is 0 Å². The summed E-state index contributed by atoms with van der Waals surface area (Å²) in [7, 11) is 0. The minimum absolute atomic E-state index is 0.127. The molecular weight excluding hydrogens is 372 g/mol. The molecule has 6 heteroatoms. The van der Waals surface area contributed by atoms with Crippen LogP contribution in [0.5, 0.6) is 5.88 Å². The molecule has 25 heavy (non-hydrogen) atoms. The molecule has 0 saturated carbocycles. The van der Waals surface area contributed by atoms with Crippen LogP contribution in [-0.4, -0.2) is 15.4 Å². The lowest BCUT2D eigenvalue weighted by Gasteiger charge is -2.05. The Morgan fingerprint density at radius 3 is 2.64 bits per heavy atom. The van der Waals surface area contributed by atoms with Crippen molar-refractivity contribution in [2.75, 3.05) is 0 Å². The highest BCUT2D eigenvalue weighted by Gasteiger charge is 2.19. The second-order valence-electron chi connectivity index (χ2n) is 5.64. The maximum absolute atomic E-state index is 10.7. The first-order valence-corrected chi connectivity index (χ1v) is 9.22. The molecule has 124 valence electrons. The van der Waals surface area contributed by atoms with Gasteiger partial charge < -0.3 is 5.11 Å². The van der Waals surface area contributed by atoms with E-state index in [1.54, 1.807) is 16.7 Å². The third-order valence-corrected chi connectivity index (χ3v) is 5.61. The molecule has 2 heterocycles. The lowest BCUT2D eigenvalue weighted by atomic mass is 10.0. The molecule has 0 saturated heterocycles. The highest BCUT2D eigenvalue weighted by molar-refractivity contribution is 7.73. The average Bonchev–Trinajstić information content (AvgIpc) is 3.06. The van der Waals surface area contributed by atoms with Gasteiger partial charge in [-0.15, -0.1) is 11.3 Å². The maximum atomic E-state index is 10.7. The zero-order valence-corrected chi connectivity index (χ0v) is 15.6. The molecule has 0 bridgehead atoms. The highest BCUT2D eigenvalue weighted by atomic mass is 35.5. The van der Waals surface area contributed by atoms with Gasteiger partial charge in [0.2, 0.25) is 5.88 Å². The van der Waals surface area contributed by atoms with Crippen LogP contribution in [0.25, 0.3) is 17.3 Å². The van der Waals surface area contributed by atoms with Gasteiger partial charge >= 0.3 is 0 Å². The van der Waals surface area contributed by atoms with Gasteiger partial charge in [0.1, 0.15) is 0 Å². The molecule has 1 aliphatic heterocycles. The van der Waals surface area contributed by atoms with Crippen LogP contribution in [0, 0.1) is 3.95 Å². The fourth-order valence-corrected chi connectivity index (χ4v) is 4.26. The molecule has 0 spiro atoms. The Morgan fingerprint density at radius 1 is 1.16 bits per heavy atom. The van der Waals surface area contributed by atoms with Crippen molar-refractivity contribution in [1.82, 2.24) is 4.57 Å². The van der Waals surface area contributed by atoms with E-state index in [-0.39, 0.29) is 5.88 Å². The summed E-state index contributed by atoms with van der Waals surface area (Å²) in [5, 5.41) is 11.4. The summed E-state index contributed by atoms with van der Waals surface area (Å²) < 4.78 is 2.23. The lowest BCUT2D eigenvalue weighted by molar-refractivity contribution is 0.441. The van der Waals surface area contributed by atoms with Crippen molar-refractivity contribution in [3.8, 4) is 11.6 Å². The fourth-order valence-electron chi connectivity index (χ4n) is 2.84. The number of benzene rings is 2. The van der Waals surface area contributed by atoms with Crippen LogP contribution in [0.1, 0.15) is 17.4 Å². The monoisotopic (exact) mass is 384 g/mol. The Labute approximate surface area is 159 Å². The van der Waals surface area contributed by atoms with E-state index < -0.39 is 0 Å². The second kappa shape index (κ2) is 6.26. The molecule has 3 aromatic rings. The van der Waals surface area contributed by atoms with Crippen LogP contribution in [0.4, 0.5) is 5.69 Å². The number of allylic oxidation sites excluding steroid dienone is 1. The number of aromatic hydroxyl groups is 1. The molecule has 0 aliphatic carbocycles. The number of para-hydroxylation sites is 1. The van der Waals surface area contributed by atoms with Crippen LogP contribution in [-0.2, 0) is 0 Å². The predicted molar refractivity (Wildman–Crippen MR) is 108 cm³/mol. The van der Waals surface area contributed by atoms with E-state index in [0.29, 0.717) is 13.9 Å². The van der Waals surface area contributed by atoms with Crippen LogP contribution in [0.15, 0.2) is 53.5 Å². The Bertz CT molecular complexity index is 1090. The maximum Gasteiger partial charge on any atom is 0.215 e. The van der Waals surface area contributed by atoms with Crippen LogP contribution < -0.4 is 0 Å². The number of aliphatic imine (C=N–C) groups is 1. The molecule has 0 radical (unpaired) electrons. The number of hydrogen-bond acceptors (Lipinski definition) is 4. The van der Waals surface area contributed by atoms with Crippen molar-refractivity contribution >= 4 is 58.2 Å². The molecule has 2 aromatic carbocycles. The smallest absolute Gasteiger partial charge is 0.215 e. The number of thiazole rings is 1. The van der Waals surface area contributed by atoms with E-state index in [0.717, 1.165) is 28.2 Å². The SMILES string of the molecule is CC1=Nc2ccccc2/C1=C/c1sc(=S)n(-c2ccc(Cl)cc2)c1O. The summed E-state index contributed by atoms with van der Waals surface area (Å²) in [6.45, 7) is 1.97. The number of hydrogen-bond donors (Lipinski definition) is 1. The van der Waals surface area contributed by atoms with E-state index >= 15 is 0 Å². The molecule has 3 nitrogen and oxygen atoms in total. The van der Waals surface area contributed by atoms with Crippen molar-refractivity contribution in [3.63, 3.8) is 0 Å². The number of halogens is 1. The van der Waals surface area contributed by atoms with Crippen molar-refractivity contribution in [3.05, 3.63) is 67.9 Å². The second-order valence-corrected chi connectivity index (χ2v) is 7.75. The Hall–Kier alpha value is -2.21. The molecule has 0 unspecified atom stereocenters. The van der Waals surface area contributed by atoms with Crippen molar-refractivity contribution in [1.29, 1.82) is 0 Å². The summed E-state index contributed by atoms with van der Waals surface area (Å²) in [6, 6.07) is 15.2. The average molecular weight is 385 g/mol. The van der Waals surface area contributed by atoms with E-state index in [9.17, 15) is 5.11 Å². The molecule has 1 aliphatic rings. The summed E-state index contributed by atoms with van der Waals surface area (Å²) in [5.74, 6) is 0.127. The number of fused-ring (bicyclic) bond motifs is 1. The Balaban J connectivity index is 1.84. The number of rotatable bonds is 2. The number of aromatic nitrogens is 1. The molecule has 1 N–H and O–H groups in total. The third kappa shape index (κ3) is 2.84. The van der Waals surface area contributed by atoms with Gasteiger partial charge in [0.05, 0.1) is 16.3 Å². The lowest BCUT2D eigenvalue weighted by Crippen LogP contribution is -1.93. The molecule has 0 fully saturated rings. The van der Waals surface area contributed by atoms with E-state index in [1.807, 2.05) is 49.4 Å². The van der Waals surface area contributed by atoms with Gasteiger partial charge in [0.15, 0.2) is 3.95 Å². The first kappa shape index (κ1) is 16.3. The number of nitrogens with zero attached hydrogens (tertiary/aromatic N) is 2. The normalized spacial score (nSPS) is 14.6. The van der Waals surface area contributed by atoms with Gasteiger partial charge in [0.25, 0.3) is 0 Å². The Kier molecular flexibility index (Phi) is 4.07. The minimum Gasteiger partial charge on any atom is -0.493 e. The topological polar surface area (TPSA) is 37.5 Å². The Morgan fingerprint density at radius 2 is 1.88 bits per heavy atom. The summed E-state index contributed by atoms with van der Waals surface area (Å²) >= 11 is 12.8. The first-order chi connectivity index (χ1) is 12.0. The molecule has 0 atom stereocenters. The standard InChI is InChI=1S/C19H13ClN2OS2/c1-11-15(14-4-2-3-5-16(14)21-11)10-17-18(23)22(19(24)25-17)13-8-6-12(20)7-9-13/h2-10,23H,1H3/b15-10+. The van der Waals surface area contributed by atoms with Crippen molar-refractivity contribution in [2.45, 2.75) is 6.92 Å². The molecular formula is C19H13ClN2OS2. The minimum atomic E-state index is 0.127. The summed E-state index contributed by atoms with van der Waals surface area (Å²) in [5.41, 5.74) is 4.73. The first-order valence-electron chi connectivity index (χ1n) is 7.62. The summed E-state index contributed by atoms with van der Waals surface area (Å²) in [4.78, 5) is 5.29. The van der Waals surface area contributed by atoms with Gasteiger partial charge in [0, 0.05) is 21.9 Å². The largest absolute Gasteiger partial charge is 0.493 e. The zero-order chi connectivity index (χ0) is 17.6. The van der Waals surface area contributed by atoms with Gasteiger partial charge in [-0.1, -0.05) is 29.8 Å². The highest BCUT2D eigenvalue weighted by Crippen LogP contribution is 2.39. The van der Waals surface area contributed by atoms with E-state index in [1.165, 1.54) is 11.3 Å². The van der Waals surface area contributed by atoms with Crippen LogP contribution in [0.2, 0.25) is 5.02 Å². The van der Waals surface area contributed by atoms with Crippen LogP contribution >= 0.6 is 35.2 Å². The van der Waals surface area contributed by atoms with Gasteiger partial charge in [-0.25, -0.2) is 0 Å². The van der Waals surface area contributed by atoms with Gasteiger partial charge in [-0.3, -0.25) is 9.56 Å².